The number of anilines is 1. The van der Waals surface area contributed by atoms with E-state index in [1.165, 1.54) is 12.1 Å². The minimum atomic E-state index is 0.571. The molecule has 1 aliphatic rings. The summed E-state index contributed by atoms with van der Waals surface area (Å²) in [6.07, 6.45) is 2.29. The second kappa shape index (κ2) is 6.55. The largest absolute Gasteiger partial charge is 0.370 e. The van der Waals surface area contributed by atoms with E-state index in [1.807, 2.05) is 0 Å². The van der Waals surface area contributed by atoms with Crippen LogP contribution in [0, 0.1) is 0 Å². The molecule has 100 valence electrons. The first-order chi connectivity index (χ1) is 8.70. The van der Waals surface area contributed by atoms with Gasteiger partial charge in [0.25, 0.3) is 0 Å². The van der Waals surface area contributed by atoms with E-state index in [-0.39, 0.29) is 0 Å². The van der Waals surface area contributed by atoms with Gasteiger partial charge >= 0.3 is 0 Å². The zero-order valence-corrected chi connectivity index (χ0v) is 12.6. The molecule has 0 bridgehead atoms. The summed E-state index contributed by atoms with van der Waals surface area (Å²) in [5, 5.41) is 0. The van der Waals surface area contributed by atoms with Gasteiger partial charge in [0.05, 0.1) is 0 Å². The standard InChI is InChI=1S/C14H22BrN3/c1-17-9-2-10-18(11-14(17)7-8-16)13-5-3-12(15)4-6-13/h3-6,14H,2,7-11,16H2,1H3. The van der Waals surface area contributed by atoms with Crippen LogP contribution in [-0.4, -0.2) is 44.2 Å². The van der Waals surface area contributed by atoms with Gasteiger partial charge in [-0.2, -0.15) is 0 Å². The lowest BCUT2D eigenvalue weighted by molar-refractivity contribution is 0.251. The molecule has 1 unspecified atom stereocenters. The minimum absolute atomic E-state index is 0.571. The number of nitrogens with two attached hydrogens (primary N) is 1. The number of hydrogen-bond acceptors (Lipinski definition) is 3. The second-order valence-corrected chi connectivity index (χ2v) is 5.90. The van der Waals surface area contributed by atoms with Crippen LogP contribution in [0.5, 0.6) is 0 Å². The molecular formula is C14H22BrN3. The molecule has 0 aromatic heterocycles. The maximum atomic E-state index is 5.73. The van der Waals surface area contributed by atoms with Crippen molar-refractivity contribution in [1.82, 2.24) is 4.90 Å². The van der Waals surface area contributed by atoms with E-state index in [9.17, 15) is 0 Å². The summed E-state index contributed by atoms with van der Waals surface area (Å²) >= 11 is 3.49. The third kappa shape index (κ3) is 3.46. The number of nitrogens with zero attached hydrogens (tertiary/aromatic N) is 2. The summed E-state index contributed by atoms with van der Waals surface area (Å²) in [6, 6.07) is 9.18. The molecule has 1 aromatic rings. The Morgan fingerprint density at radius 3 is 2.67 bits per heavy atom. The van der Waals surface area contributed by atoms with Crippen molar-refractivity contribution in [3.63, 3.8) is 0 Å². The molecule has 1 aliphatic heterocycles. The SMILES string of the molecule is CN1CCCN(c2ccc(Br)cc2)CC1CCN. The van der Waals surface area contributed by atoms with Crippen molar-refractivity contribution < 1.29 is 0 Å². The number of benzene rings is 1. The Balaban J connectivity index is 2.10. The molecule has 0 spiro atoms. The van der Waals surface area contributed by atoms with Crippen molar-refractivity contribution in [3.05, 3.63) is 28.7 Å². The fraction of sp³-hybridized carbons (Fsp3) is 0.571. The summed E-state index contributed by atoms with van der Waals surface area (Å²) in [4.78, 5) is 4.93. The average Bonchev–Trinajstić information content (AvgIpc) is 2.54. The molecule has 1 heterocycles. The van der Waals surface area contributed by atoms with Crippen molar-refractivity contribution in [2.75, 3.05) is 38.1 Å². The number of likely N-dealkylation sites (N-methyl/N-ethyl adjacent to an activating group) is 1. The summed E-state index contributed by atoms with van der Waals surface area (Å²) in [7, 11) is 2.21. The maximum Gasteiger partial charge on any atom is 0.0367 e. The molecule has 0 aliphatic carbocycles. The monoisotopic (exact) mass is 311 g/mol. The highest BCUT2D eigenvalue weighted by Gasteiger charge is 2.21. The molecule has 2 N–H and O–H groups in total. The summed E-state index contributed by atoms with van der Waals surface area (Å²) < 4.78 is 1.14. The third-order valence-electron chi connectivity index (χ3n) is 3.68. The first-order valence-corrected chi connectivity index (χ1v) is 7.41. The fourth-order valence-electron chi connectivity index (χ4n) is 2.57. The number of rotatable bonds is 3. The van der Waals surface area contributed by atoms with Crippen LogP contribution in [0.25, 0.3) is 0 Å². The molecule has 2 rings (SSSR count). The first kappa shape index (κ1) is 13.8. The number of hydrogen-bond donors (Lipinski definition) is 1. The zero-order valence-electron chi connectivity index (χ0n) is 11.0. The Morgan fingerprint density at radius 1 is 1.28 bits per heavy atom. The van der Waals surface area contributed by atoms with Crippen LogP contribution in [0.1, 0.15) is 12.8 Å². The highest BCUT2D eigenvalue weighted by molar-refractivity contribution is 9.10. The van der Waals surface area contributed by atoms with Gasteiger partial charge in [-0.25, -0.2) is 0 Å². The van der Waals surface area contributed by atoms with Crippen LogP contribution < -0.4 is 10.6 Å². The molecule has 1 aromatic carbocycles. The molecule has 1 saturated heterocycles. The molecule has 0 amide bonds. The van der Waals surface area contributed by atoms with E-state index in [1.54, 1.807) is 0 Å². The van der Waals surface area contributed by atoms with Gasteiger partial charge in [0.15, 0.2) is 0 Å². The molecule has 18 heavy (non-hydrogen) atoms. The Kier molecular flexibility index (Phi) is 5.03. The summed E-state index contributed by atoms with van der Waals surface area (Å²) in [6.45, 7) is 4.14. The van der Waals surface area contributed by atoms with Gasteiger partial charge in [-0.3, -0.25) is 0 Å². The van der Waals surface area contributed by atoms with Crippen LogP contribution in [0.15, 0.2) is 28.7 Å². The van der Waals surface area contributed by atoms with Crippen molar-refractivity contribution in [1.29, 1.82) is 0 Å². The summed E-state index contributed by atoms with van der Waals surface area (Å²) in [5.41, 5.74) is 7.04. The van der Waals surface area contributed by atoms with Crippen LogP contribution in [0.3, 0.4) is 0 Å². The van der Waals surface area contributed by atoms with Crippen LogP contribution in [0.2, 0.25) is 0 Å². The van der Waals surface area contributed by atoms with E-state index in [0.29, 0.717) is 6.04 Å². The molecular weight excluding hydrogens is 290 g/mol. The lowest BCUT2D eigenvalue weighted by Crippen LogP contribution is -2.40. The molecule has 4 heteroatoms. The summed E-state index contributed by atoms with van der Waals surface area (Å²) in [5.74, 6) is 0. The molecule has 1 atom stereocenters. The van der Waals surface area contributed by atoms with Gasteiger partial charge in [0.1, 0.15) is 0 Å². The fourth-order valence-corrected chi connectivity index (χ4v) is 2.83. The predicted molar refractivity (Wildman–Crippen MR) is 81.1 cm³/mol. The van der Waals surface area contributed by atoms with Crippen LogP contribution in [0.4, 0.5) is 5.69 Å². The minimum Gasteiger partial charge on any atom is -0.370 e. The smallest absolute Gasteiger partial charge is 0.0367 e. The Labute approximate surface area is 118 Å². The van der Waals surface area contributed by atoms with E-state index in [2.05, 4.69) is 57.0 Å². The van der Waals surface area contributed by atoms with Crippen LogP contribution >= 0.6 is 15.9 Å². The lowest BCUT2D eigenvalue weighted by Gasteiger charge is -2.30. The van der Waals surface area contributed by atoms with E-state index in [4.69, 9.17) is 5.73 Å². The van der Waals surface area contributed by atoms with Gasteiger partial charge < -0.3 is 15.5 Å². The number of halogens is 1. The molecule has 0 saturated carbocycles. The second-order valence-electron chi connectivity index (χ2n) is 4.99. The van der Waals surface area contributed by atoms with Crippen molar-refractivity contribution in [2.45, 2.75) is 18.9 Å². The van der Waals surface area contributed by atoms with Crippen molar-refractivity contribution in [3.8, 4) is 0 Å². The first-order valence-electron chi connectivity index (χ1n) is 6.61. The van der Waals surface area contributed by atoms with Gasteiger partial charge in [-0.1, -0.05) is 15.9 Å². The average molecular weight is 312 g/mol. The van der Waals surface area contributed by atoms with Crippen molar-refractivity contribution in [2.24, 2.45) is 5.73 Å². The predicted octanol–water partition coefficient (Wildman–Crippen LogP) is 2.31. The molecule has 0 radical (unpaired) electrons. The van der Waals surface area contributed by atoms with Gasteiger partial charge in [-0.15, -0.1) is 0 Å². The highest BCUT2D eigenvalue weighted by Crippen LogP contribution is 2.21. The third-order valence-corrected chi connectivity index (χ3v) is 4.21. The maximum absolute atomic E-state index is 5.73. The Bertz CT molecular complexity index is 366. The van der Waals surface area contributed by atoms with Gasteiger partial charge in [0.2, 0.25) is 0 Å². The lowest BCUT2D eigenvalue weighted by atomic mass is 10.1. The van der Waals surface area contributed by atoms with Gasteiger partial charge in [-0.05, 0) is 57.2 Å². The van der Waals surface area contributed by atoms with Crippen molar-refractivity contribution >= 4 is 21.6 Å². The highest BCUT2D eigenvalue weighted by atomic mass is 79.9. The molecule has 1 fully saturated rings. The van der Waals surface area contributed by atoms with E-state index in [0.717, 1.165) is 37.1 Å². The normalized spacial score (nSPS) is 21.9. The quantitative estimate of drug-likeness (QED) is 0.930. The van der Waals surface area contributed by atoms with E-state index >= 15 is 0 Å². The Morgan fingerprint density at radius 2 is 2.00 bits per heavy atom. The zero-order chi connectivity index (χ0) is 13.0. The van der Waals surface area contributed by atoms with Crippen LogP contribution in [-0.2, 0) is 0 Å². The molecule has 3 nitrogen and oxygen atoms in total. The van der Waals surface area contributed by atoms with E-state index < -0.39 is 0 Å². The topological polar surface area (TPSA) is 32.5 Å². The Hall–Kier alpha value is -0.580. The van der Waals surface area contributed by atoms with Gasteiger partial charge in [0, 0.05) is 29.3 Å².